The molecule has 0 N–H and O–H groups in total. The maximum absolute atomic E-state index is 5.97. The largest absolute Gasteiger partial charge is 0.352 e. The number of para-hydroxylation sites is 2. The van der Waals surface area contributed by atoms with E-state index < -0.39 is 0 Å². The van der Waals surface area contributed by atoms with Gasteiger partial charge in [0.15, 0.2) is 23.3 Å². The highest BCUT2D eigenvalue weighted by atomic mass is 35.5. The van der Waals surface area contributed by atoms with Crippen LogP contribution in [0.4, 0.5) is 57.4 Å². The molecule has 0 bridgehead atoms. The molecule has 376 valence electrons. The van der Waals surface area contributed by atoms with Crippen LogP contribution in [0, 0.1) is 5.92 Å². The highest BCUT2D eigenvalue weighted by Gasteiger charge is 2.34. The van der Waals surface area contributed by atoms with Gasteiger partial charge in [-0.3, -0.25) is 0 Å². The van der Waals surface area contributed by atoms with Crippen molar-refractivity contribution in [2.75, 3.05) is 94.1 Å². The van der Waals surface area contributed by atoms with Gasteiger partial charge in [0.05, 0.1) is 50.0 Å². The van der Waals surface area contributed by atoms with Crippen LogP contribution in [-0.4, -0.2) is 107 Å². The summed E-state index contributed by atoms with van der Waals surface area (Å²) in [6.07, 6.45) is 8.06. The smallest absolute Gasteiger partial charge is 0.224 e. The fourth-order valence-electron chi connectivity index (χ4n) is 8.37. The molecule has 4 aliphatic rings. The molecule has 6 aromatic rings. The van der Waals surface area contributed by atoms with Crippen LogP contribution in [0.2, 0.25) is 21.1 Å². The van der Waals surface area contributed by atoms with E-state index in [1.165, 1.54) is 0 Å². The SMILES string of the molecule is C=C1C(C)N(c2ccccc2)c2nc(Cl)ncc2N1C.C=C1CN(C)c2nc(Cl)ncc2N1C.C=C1CN(c2ccccc2)c2nc(Cl)ncc2N1C.C=C1[C@@H](C)N(CCC(C)C)c2nc(Cl)ncc2N1C. The maximum atomic E-state index is 5.97. The quantitative estimate of drug-likeness (QED) is 0.152. The fourth-order valence-corrected chi connectivity index (χ4v) is 8.89. The van der Waals surface area contributed by atoms with E-state index in [2.05, 4.69) is 121 Å². The second-order valence-electron chi connectivity index (χ2n) is 18.0. The van der Waals surface area contributed by atoms with Gasteiger partial charge in [0, 0.05) is 75.9 Å². The molecule has 0 saturated heterocycles. The van der Waals surface area contributed by atoms with Crippen LogP contribution in [0.25, 0.3) is 0 Å². The lowest BCUT2D eigenvalue weighted by Gasteiger charge is -2.42. The summed E-state index contributed by atoms with van der Waals surface area (Å²) in [5.41, 5.74) is 9.90. The molecule has 0 amide bonds. The Morgan fingerprint density at radius 2 is 0.917 bits per heavy atom. The van der Waals surface area contributed by atoms with Crippen LogP contribution in [-0.2, 0) is 0 Å². The van der Waals surface area contributed by atoms with Crippen molar-refractivity contribution in [3.8, 4) is 0 Å². The molecular formula is C52H60Cl4N16. The molecule has 16 nitrogen and oxygen atoms in total. The van der Waals surface area contributed by atoms with Crippen molar-refractivity contribution in [2.24, 2.45) is 5.92 Å². The fraction of sp³-hybridized carbons (Fsp3) is 0.308. The third-order valence-corrected chi connectivity index (χ3v) is 13.6. The molecule has 4 aliphatic heterocycles. The Morgan fingerprint density at radius 1 is 0.514 bits per heavy atom. The van der Waals surface area contributed by atoms with Crippen molar-refractivity contribution in [3.63, 3.8) is 0 Å². The van der Waals surface area contributed by atoms with Gasteiger partial charge in [0.1, 0.15) is 22.7 Å². The summed E-state index contributed by atoms with van der Waals surface area (Å²) in [5.74, 6) is 4.02. The Bertz CT molecular complexity index is 2940. The van der Waals surface area contributed by atoms with E-state index in [-0.39, 0.29) is 27.9 Å². The Labute approximate surface area is 443 Å². The number of anilines is 10. The van der Waals surface area contributed by atoms with Gasteiger partial charge < -0.3 is 39.2 Å². The minimum atomic E-state index is 0.0980. The summed E-state index contributed by atoms with van der Waals surface area (Å²) in [7, 11) is 9.83. The third kappa shape index (κ3) is 11.5. The Balaban J connectivity index is 0.000000142. The molecule has 0 fully saturated rings. The monoisotopic (exact) mass is 1050 g/mol. The molecule has 72 heavy (non-hydrogen) atoms. The first-order valence-corrected chi connectivity index (χ1v) is 24.7. The number of hydrogen-bond acceptors (Lipinski definition) is 16. The summed E-state index contributed by atoms with van der Waals surface area (Å²) in [6.45, 7) is 27.5. The number of halogens is 4. The van der Waals surface area contributed by atoms with Crippen LogP contribution in [0.3, 0.4) is 0 Å². The number of hydrogen-bond donors (Lipinski definition) is 0. The third-order valence-electron chi connectivity index (χ3n) is 12.9. The number of likely N-dealkylation sites (N-methyl/N-ethyl adjacent to an activating group) is 5. The summed E-state index contributed by atoms with van der Waals surface area (Å²) in [6, 6.07) is 20.5. The first kappa shape index (κ1) is 53.1. The van der Waals surface area contributed by atoms with Gasteiger partial charge >= 0.3 is 0 Å². The van der Waals surface area contributed by atoms with Gasteiger partial charge in [-0.2, -0.15) is 19.9 Å². The van der Waals surface area contributed by atoms with E-state index in [1.54, 1.807) is 24.8 Å². The van der Waals surface area contributed by atoms with E-state index in [9.17, 15) is 0 Å². The normalized spacial score (nSPS) is 17.0. The first-order valence-electron chi connectivity index (χ1n) is 23.2. The molecule has 1 unspecified atom stereocenters. The molecule has 0 spiro atoms. The van der Waals surface area contributed by atoms with E-state index in [1.807, 2.05) is 108 Å². The van der Waals surface area contributed by atoms with Crippen molar-refractivity contribution >= 4 is 104 Å². The molecule has 10 rings (SSSR count). The number of fused-ring (bicyclic) bond motifs is 4. The summed E-state index contributed by atoms with van der Waals surface area (Å²) >= 11 is 23.6. The van der Waals surface area contributed by atoms with Crippen LogP contribution >= 0.6 is 46.4 Å². The molecule has 0 saturated carbocycles. The van der Waals surface area contributed by atoms with Crippen LogP contribution < -0.4 is 39.2 Å². The average molecular weight is 1050 g/mol. The molecule has 2 aromatic carbocycles. The molecule has 2 atom stereocenters. The maximum Gasteiger partial charge on any atom is 0.224 e. The zero-order valence-electron chi connectivity index (χ0n) is 42.1. The van der Waals surface area contributed by atoms with Crippen molar-refractivity contribution in [3.05, 3.63) is 156 Å². The number of benzene rings is 2. The van der Waals surface area contributed by atoms with E-state index >= 15 is 0 Å². The molecule has 0 radical (unpaired) electrons. The van der Waals surface area contributed by atoms with Crippen molar-refractivity contribution < 1.29 is 0 Å². The molecule has 0 aliphatic carbocycles. The molecule has 4 aromatic heterocycles. The average Bonchev–Trinajstić information content (AvgIpc) is 3.36. The minimum absolute atomic E-state index is 0.0980. The van der Waals surface area contributed by atoms with Crippen LogP contribution in [0.5, 0.6) is 0 Å². The molecular weight excluding hydrogens is 990 g/mol. The number of rotatable bonds is 5. The standard InChI is InChI=1S/C15H15ClN4.C14H13ClN4.C14H21ClN4.C9H11ClN4/c1-10-11(2)20(12-7-5-4-6-8-12)14-13(19(10)3)9-17-15(16)18-14;1-10-9-19(11-6-4-3-5-7-11)13-12(18(10)2)8-16-14(15)17-13;1-9(2)6-7-19-11(4)10(3)18(5)12-8-16-14(15)17-13(12)19;1-6-5-13(2)8-7(14(6)3)4-11-9(10)12-8/h4-9,11H,1H2,2-3H3;3-8H,1,9H2,2H3;8-9,11H,3,6-7H2,1-2,4-5H3;4H,1,5H2,2-3H3/t;;11-;/m..1./s1. The lowest BCUT2D eigenvalue weighted by Crippen LogP contribution is -2.45. The Hall–Kier alpha value is -6.72. The van der Waals surface area contributed by atoms with Gasteiger partial charge in [0.25, 0.3) is 0 Å². The van der Waals surface area contributed by atoms with E-state index in [4.69, 9.17) is 46.4 Å². The number of nitrogens with zero attached hydrogens (tertiary/aromatic N) is 16. The topological polar surface area (TPSA) is 129 Å². The molecule has 20 heteroatoms. The van der Waals surface area contributed by atoms with Crippen LogP contribution in [0.1, 0.15) is 34.1 Å². The predicted octanol–water partition coefficient (Wildman–Crippen LogP) is 11.7. The first-order chi connectivity index (χ1) is 34.3. The Morgan fingerprint density at radius 3 is 1.43 bits per heavy atom. The Kier molecular flexibility index (Phi) is 16.8. The van der Waals surface area contributed by atoms with Gasteiger partial charge in [0.2, 0.25) is 21.1 Å². The second kappa shape index (κ2) is 22.8. The van der Waals surface area contributed by atoms with Crippen LogP contribution in [0.15, 0.2) is 135 Å². The summed E-state index contributed by atoms with van der Waals surface area (Å²) in [4.78, 5) is 50.0. The van der Waals surface area contributed by atoms with Crippen molar-refractivity contribution in [1.82, 2.24) is 39.9 Å². The minimum Gasteiger partial charge on any atom is -0.352 e. The van der Waals surface area contributed by atoms with Gasteiger partial charge in [-0.25, -0.2) is 19.9 Å². The highest BCUT2D eigenvalue weighted by Crippen LogP contribution is 2.42. The number of aromatic nitrogens is 8. The zero-order chi connectivity index (χ0) is 52.1. The van der Waals surface area contributed by atoms with E-state index in [0.29, 0.717) is 17.7 Å². The van der Waals surface area contributed by atoms with E-state index in [0.717, 1.165) is 99.7 Å². The summed E-state index contributed by atoms with van der Waals surface area (Å²) in [5, 5.41) is 1.07. The zero-order valence-corrected chi connectivity index (χ0v) is 45.2. The summed E-state index contributed by atoms with van der Waals surface area (Å²) < 4.78 is 0. The lowest BCUT2D eigenvalue weighted by atomic mass is 10.1. The molecule has 8 heterocycles. The van der Waals surface area contributed by atoms with Gasteiger partial charge in [-0.1, -0.05) is 76.6 Å². The van der Waals surface area contributed by atoms with Gasteiger partial charge in [-0.15, -0.1) is 0 Å². The highest BCUT2D eigenvalue weighted by molar-refractivity contribution is 6.29. The van der Waals surface area contributed by atoms with Crippen molar-refractivity contribution in [1.29, 1.82) is 0 Å². The second-order valence-corrected chi connectivity index (χ2v) is 19.3. The predicted molar refractivity (Wildman–Crippen MR) is 299 cm³/mol. The van der Waals surface area contributed by atoms with Gasteiger partial charge in [-0.05, 0) is 96.9 Å². The van der Waals surface area contributed by atoms with Crippen molar-refractivity contribution in [2.45, 2.75) is 46.2 Å². The lowest BCUT2D eigenvalue weighted by molar-refractivity contribution is 0.546.